The van der Waals surface area contributed by atoms with Crippen LogP contribution in [0.4, 0.5) is 5.69 Å². The third-order valence-electron chi connectivity index (χ3n) is 4.91. The molecule has 27 heavy (non-hydrogen) atoms. The van der Waals surface area contributed by atoms with Crippen molar-refractivity contribution in [2.24, 2.45) is 0 Å². The SMILES string of the molecule is CCNCc1cccc(NC(=O)c2nn(-c3ccccc3)c3c2CCC3)c1. The normalized spacial score (nSPS) is 12.8. The van der Waals surface area contributed by atoms with Crippen LogP contribution < -0.4 is 10.6 Å². The lowest BCUT2D eigenvalue weighted by molar-refractivity contribution is 0.102. The molecule has 1 aliphatic carbocycles. The fourth-order valence-corrected chi connectivity index (χ4v) is 3.62. The number of nitrogens with one attached hydrogen (secondary N) is 2. The van der Waals surface area contributed by atoms with Gasteiger partial charge in [-0.1, -0.05) is 37.3 Å². The first kappa shape index (κ1) is 17.5. The van der Waals surface area contributed by atoms with Crippen molar-refractivity contribution in [3.05, 3.63) is 77.1 Å². The summed E-state index contributed by atoms with van der Waals surface area (Å²) in [6.07, 6.45) is 2.94. The number of benzene rings is 2. The van der Waals surface area contributed by atoms with Gasteiger partial charge in [-0.25, -0.2) is 4.68 Å². The molecule has 0 aliphatic heterocycles. The number of amides is 1. The van der Waals surface area contributed by atoms with E-state index in [9.17, 15) is 4.79 Å². The van der Waals surface area contributed by atoms with Crippen LogP contribution in [-0.2, 0) is 19.4 Å². The fourth-order valence-electron chi connectivity index (χ4n) is 3.62. The summed E-state index contributed by atoms with van der Waals surface area (Å²) in [5.74, 6) is -0.136. The van der Waals surface area contributed by atoms with E-state index in [2.05, 4.69) is 28.7 Å². The van der Waals surface area contributed by atoms with E-state index < -0.39 is 0 Å². The summed E-state index contributed by atoms with van der Waals surface area (Å²) in [6.45, 7) is 3.78. The van der Waals surface area contributed by atoms with Crippen molar-refractivity contribution in [1.82, 2.24) is 15.1 Å². The third kappa shape index (κ3) is 3.64. The van der Waals surface area contributed by atoms with Crippen LogP contribution in [0.3, 0.4) is 0 Å². The first-order valence-electron chi connectivity index (χ1n) is 9.53. The Kier molecular flexibility index (Phi) is 5.03. The number of fused-ring (bicyclic) bond motifs is 1. The highest BCUT2D eigenvalue weighted by Crippen LogP contribution is 2.28. The van der Waals surface area contributed by atoms with Crippen LogP contribution in [0.25, 0.3) is 5.69 Å². The van der Waals surface area contributed by atoms with Crippen molar-refractivity contribution in [2.75, 3.05) is 11.9 Å². The molecule has 0 fully saturated rings. The molecule has 1 heterocycles. The summed E-state index contributed by atoms with van der Waals surface area (Å²) in [6, 6.07) is 18.0. The van der Waals surface area contributed by atoms with Crippen LogP contribution in [0.5, 0.6) is 0 Å². The lowest BCUT2D eigenvalue weighted by Gasteiger charge is -2.08. The molecule has 0 atom stereocenters. The summed E-state index contributed by atoms with van der Waals surface area (Å²) < 4.78 is 1.93. The zero-order chi connectivity index (χ0) is 18.6. The fraction of sp³-hybridized carbons (Fsp3) is 0.273. The number of hydrogen-bond donors (Lipinski definition) is 2. The molecule has 0 bridgehead atoms. The molecule has 0 unspecified atom stereocenters. The molecule has 2 N–H and O–H groups in total. The van der Waals surface area contributed by atoms with Gasteiger partial charge in [-0.3, -0.25) is 4.79 Å². The van der Waals surface area contributed by atoms with Gasteiger partial charge in [0.05, 0.1) is 5.69 Å². The van der Waals surface area contributed by atoms with Crippen molar-refractivity contribution in [3.63, 3.8) is 0 Å². The third-order valence-corrected chi connectivity index (χ3v) is 4.91. The molecule has 1 amide bonds. The van der Waals surface area contributed by atoms with E-state index in [-0.39, 0.29) is 5.91 Å². The Morgan fingerprint density at radius 2 is 1.96 bits per heavy atom. The van der Waals surface area contributed by atoms with Crippen LogP contribution in [0.1, 0.15) is 40.7 Å². The first-order chi connectivity index (χ1) is 13.3. The lowest BCUT2D eigenvalue weighted by atomic mass is 10.1. The smallest absolute Gasteiger partial charge is 0.276 e. The average molecular weight is 360 g/mol. The van der Waals surface area contributed by atoms with E-state index in [1.165, 1.54) is 0 Å². The van der Waals surface area contributed by atoms with Crippen molar-refractivity contribution in [2.45, 2.75) is 32.7 Å². The second-order valence-corrected chi connectivity index (χ2v) is 6.81. The molecule has 0 spiro atoms. The summed E-state index contributed by atoms with van der Waals surface area (Å²) in [4.78, 5) is 12.9. The molecule has 5 heteroatoms. The predicted octanol–water partition coefficient (Wildman–Crippen LogP) is 3.72. The summed E-state index contributed by atoms with van der Waals surface area (Å²) in [5.41, 5.74) is 5.74. The monoisotopic (exact) mass is 360 g/mol. The molecule has 0 radical (unpaired) electrons. The molecule has 4 rings (SSSR count). The van der Waals surface area contributed by atoms with Gasteiger partial charge in [0.2, 0.25) is 0 Å². The van der Waals surface area contributed by atoms with Gasteiger partial charge in [-0.05, 0) is 55.6 Å². The molecular weight excluding hydrogens is 336 g/mol. The molecule has 5 nitrogen and oxygen atoms in total. The Morgan fingerprint density at radius 1 is 1.11 bits per heavy atom. The highest BCUT2D eigenvalue weighted by molar-refractivity contribution is 6.04. The van der Waals surface area contributed by atoms with Gasteiger partial charge in [-0.2, -0.15) is 5.10 Å². The van der Waals surface area contributed by atoms with Crippen molar-refractivity contribution in [1.29, 1.82) is 0 Å². The molecule has 3 aromatic rings. The summed E-state index contributed by atoms with van der Waals surface area (Å²) >= 11 is 0. The molecule has 138 valence electrons. The molecule has 0 saturated heterocycles. The number of carbonyl (C=O) groups excluding carboxylic acids is 1. The second-order valence-electron chi connectivity index (χ2n) is 6.81. The quantitative estimate of drug-likeness (QED) is 0.704. The maximum atomic E-state index is 12.9. The minimum atomic E-state index is -0.136. The molecule has 2 aromatic carbocycles. The van der Waals surface area contributed by atoms with E-state index in [4.69, 9.17) is 0 Å². The number of nitrogens with zero attached hydrogens (tertiary/aromatic N) is 2. The average Bonchev–Trinajstić information content (AvgIpc) is 3.30. The van der Waals surface area contributed by atoms with E-state index in [0.717, 1.165) is 60.5 Å². The Bertz CT molecular complexity index is 946. The van der Waals surface area contributed by atoms with E-state index in [1.807, 2.05) is 53.2 Å². The molecule has 0 saturated carbocycles. The van der Waals surface area contributed by atoms with Gasteiger partial charge in [-0.15, -0.1) is 0 Å². The molecule has 1 aromatic heterocycles. The maximum absolute atomic E-state index is 12.9. The first-order valence-corrected chi connectivity index (χ1v) is 9.53. The number of anilines is 1. The number of aromatic nitrogens is 2. The number of carbonyl (C=O) groups is 1. The summed E-state index contributed by atoms with van der Waals surface area (Å²) in [5, 5.41) is 11.0. The number of hydrogen-bond acceptors (Lipinski definition) is 3. The van der Waals surface area contributed by atoms with Gasteiger partial charge in [0.25, 0.3) is 5.91 Å². The van der Waals surface area contributed by atoms with E-state index in [0.29, 0.717) is 5.69 Å². The Hall–Kier alpha value is -2.92. The Balaban J connectivity index is 1.60. The number of rotatable bonds is 6. The van der Waals surface area contributed by atoms with E-state index >= 15 is 0 Å². The van der Waals surface area contributed by atoms with Crippen molar-refractivity contribution < 1.29 is 4.79 Å². The van der Waals surface area contributed by atoms with Crippen molar-refractivity contribution in [3.8, 4) is 5.69 Å². The van der Waals surface area contributed by atoms with Gasteiger partial charge in [0.15, 0.2) is 5.69 Å². The zero-order valence-corrected chi connectivity index (χ0v) is 15.5. The van der Waals surface area contributed by atoms with E-state index in [1.54, 1.807) is 0 Å². The van der Waals surface area contributed by atoms with Gasteiger partial charge in [0, 0.05) is 23.5 Å². The van der Waals surface area contributed by atoms with Gasteiger partial charge in [0.1, 0.15) is 0 Å². The number of para-hydroxylation sites is 1. The second kappa shape index (κ2) is 7.76. The Morgan fingerprint density at radius 3 is 2.78 bits per heavy atom. The largest absolute Gasteiger partial charge is 0.321 e. The highest BCUT2D eigenvalue weighted by atomic mass is 16.2. The Labute approximate surface area is 159 Å². The lowest BCUT2D eigenvalue weighted by Crippen LogP contribution is -2.16. The summed E-state index contributed by atoms with van der Waals surface area (Å²) in [7, 11) is 0. The van der Waals surface area contributed by atoms with Gasteiger partial charge >= 0.3 is 0 Å². The van der Waals surface area contributed by atoms with Crippen LogP contribution in [0, 0.1) is 0 Å². The minimum Gasteiger partial charge on any atom is -0.321 e. The minimum absolute atomic E-state index is 0.136. The topological polar surface area (TPSA) is 58.9 Å². The molecule has 1 aliphatic rings. The predicted molar refractivity (Wildman–Crippen MR) is 107 cm³/mol. The van der Waals surface area contributed by atoms with Crippen LogP contribution in [0.2, 0.25) is 0 Å². The highest BCUT2D eigenvalue weighted by Gasteiger charge is 2.26. The molecular formula is C22H24N4O. The zero-order valence-electron chi connectivity index (χ0n) is 15.5. The maximum Gasteiger partial charge on any atom is 0.276 e. The standard InChI is InChI=1S/C22H24N4O/c1-2-23-15-16-8-6-9-17(14-16)24-22(27)21-19-12-7-13-20(19)26(25-21)18-10-4-3-5-11-18/h3-6,8-11,14,23H,2,7,12-13,15H2,1H3,(H,24,27). The van der Waals surface area contributed by atoms with Crippen LogP contribution in [-0.4, -0.2) is 22.2 Å². The van der Waals surface area contributed by atoms with Gasteiger partial charge < -0.3 is 10.6 Å². The van der Waals surface area contributed by atoms with Crippen LogP contribution in [0.15, 0.2) is 54.6 Å². The van der Waals surface area contributed by atoms with Crippen LogP contribution >= 0.6 is 0 Å². The van der Waals surface area contributed by atoms with Crippen molar-refractivity contribution >= 4 is 11.6 Å².